The van der Waals surface area contributed by atoms with E-state index >= 15 is 0 Å². The first-order chi connectivity index (χ1) is 6.93. The molecule has 0 radical (unpaired) electrons. The number of hydrogen-bond donors (Lipinski definition) is 3. The minimum Gasteiger partial charge on any atom is -0.388 e. The standard InChI is InChI=1S/C6H10O5.C3H6O/c7-2-1-10-5-3(8)6(9)11-4(2)5;1-3(2)4/h2-9H,1H2;1-2H3/t2-,3-,4-,5-,6?;/m1./s1. The Balaban J connectivity index is 0.000000245. The predicted octanol–water partition coefficient (Wildman–Crippen LogP) is -1.58. The quantitative estimate of drug-likeness (QED) is 0.456. The molecule has 0 aliphatic carbocycles. The summed E-state index contributed by atoms with van der Waals surface area (Å²) in [4.78, 5) is 9.44. The summed E-state index contributed by atoms with van der Waals surface area (Å²) >= 11 is 0. The van der Waals surface area contributed by atoms with Crippen molar-refractivity contribution in [3.05, 3.63) is 0 Å². The molecule has 6 heteroatoms. The van der Waals surface area contributed by atoms with E-state index in [0.29, 0.717) is 0 Å². The molecule has 2 saturated heterocycles. The molecule has 0 aromatic heterocycles. The van der Waals surface area contributed by atoms with Crippen LogP contribution >= 0.6 is 0 Å². The fraction of sp³-hybridized carbons (Fsp3) is 0.889. The van der Waals surface area contributed by atoms with Crippen molar-refractivity contribution in [2.24, 2.45) is 0 Å². The SMILES string of the molecule is CC(C)=O.OC1O[C@H]2[C@H](OC[C@H]2O)[C@H]1O. The maximum Gasteiger partial charge on any atom is 0.184 e. The van der Waals surface area contributed by atoms with Crippen LogP contribution in [0.15, 0.2) is 0 Å². The number of aliphatic hydroxyl groups excluding tert-OH is 3. The van der Waals surface area contributed by atoms with Crippen LogP contribution in [0.25, 0.3) is 0 Å². The van der Waals surface area contributed by atoms with Crippen LogP contribution in [0, 0.1) is 0 Å². The zero-order chi connectivity index (χ0) is 11.6. The molecule has 2 heterocycles. The first kappa shape index (κ1) is 12.5. The van der Waals surface area contributed by atoms with Crippen molar-refractivity contribution in [2.45, 2.75) is 44.6 Å². The second kappa shape index (κ2) is 5.00. The zero-order valence-electron chi connectivity index (χ0n) is 8.66. The van der Waals surface area contributed by atoms with Gasteiger partial charge in [0.15, 0.2) is 6.29 Å². The van der Waals surface area contributed by atoms with Crippen LogP contribution < -0.4 is 0 Å². The summed E-state index contributed by atoms with van der Waals surface area (Å²) in [5, 5.41) is 27.3. The van der Waals surface area contributed by atoms with E-state index in [1.807, 2.05) is 0 Å². The highest BCUT2D eigenvalue weighted by molar-refractivity contribution is 5.72. The third-order valence-electron chi connectivity index (χ3n) is 2.09. The monoisotopic (exact) mass is 220 g/mol. The van der Waals surface area contributed by atoms with Gasteiger partial charge < -0.3 is 29.6 Å². The molecule has 0 spiro atoms. The van der Waals surface area contributed by atoms with Gasteiger partial charge in [0.2, 0.25) is 0 Å². The summed E-state index contributed by atoms with van der Waals surface area (Å²) in [6.45, 7) is 3.22. The minimum absolute atomic E-state index is 0.166. The van der Waals surface area contributed by atoms with Gasteiger partial charge in [-0.15, -0.1) is 0 Å². The summed E-state index contributed by atoms with van der Waals surface area (Å²) in [5.74, 6) is 0.167. The van der Waals surface area contributed by atoms with Crippen molar-refractivity contribution in [1.82, 2.24) is 0 Å². The highest BCUT2D eigenvalue weighted by Gasteiger charge is 2.51. The van der Waals surface area contributed by atoms with Gasteiger partial charge in [-0.2, -0.15) is 0 Å². The van der Waals surface area contributed by atoms with Crippen molar-refractivity contribution < 1.29 is 29.6 Å². The van der Waals surface area contributed by atoms with Gasteiger partial charge in [-0.25, -0.2) is 0 Å². The number of carbonyl (C=O) groups is 1. The third-order valence-corrected chi connectivity index (χ3v) is 2.09. The molecule has 2 fully saturated rings. The van der Waals surface area contributed by atoms with Crippen molar-refractivity contribution in [2.75, 3.05) is 6.61 Å². The van der Waals surface area contributed by atoms with Gasteiger partial charge >= 0.3 is 0 Å². The van der Waals surface area contributed by atoms with E-state index in [0.717, 1.165) is 0 Å². The lowest BCUT2D eigenvalue weighted by Gasteiger charge is -2.10. The summed E-state index contributed by atoms with van der Waals surface area (Å²) in [7, 11) is 0. The summed E-state index contributed by atoms with van der Waals surface area (Å²) < 4.78 is 9.83. The number of hydrogen-bond acceptors (Lipinski definition) is 6. The predicted molar refractivity (Wildman–Crippen MR) is 49.0 cm³/mol. The highest BCUT2D eigenvalue weighted by atomic mass is 16.7. The molecule has 0 aromatic rings. The lowest BCUT2D eigenvalue weighted by Crippen LogP contribution is -2.32. The first-order valence-corrected chi connectivity index (χ1v) is 4.72. The van der Waals surface area contributed by atoms with Crippen molar-refractivity contribution in [1.29, 1.82) is 0 Å². The highest BCUT2D eigenvalue weighted by Crippen LogP contribution is 2.29. The zero-order valence-corrected chi connectivity index (χ0v) is 8.66. The fourth-order valence-corrected chi connectivity index (χ4v) is 1.48. The lowest BCUT2D eigenvalue weighted by molar-refractivity contribution is -0.149. The number of fused-ring (bicyclic) bond motifs is 1. The second-order valence-corrected chi connectivity index (χ2v) is 3.76. The molecule has 3 N–H and O–H groups in total. The number of carbonyl (C=O) groups excluding carboxylic acids is 1. The molecule has 6 nitrogen and oxygen atoms in total. The molecule has 2 aliphatic rings. The van der Waals surface area contributed by atoms with E-state index < -0.39 is 30.7 Å². The van der Waals surface area contributed by atoms with Crippen LogP contribution in [0.3, 0.4) is 0 Å². The van der Waals surface area contributed by atoms with E-state index in [9.17, 15) is 9.90 Å². The minimum atomic E-state index is -1.22. The number of Topliss-reactive ketones (excluding diaryl/α,β-unsaturated/α-hetero) is 1. The average molecular weight is 220 g/mol. The molecule has 1 unspecified atom stereocenters. The summed E-state index contributed by atoms with van der Waals surface area (Å²) in [5.41, 5.74) is 0. The molecule has 0 aromatic carbocycles. The Bertz CT molecular complexity index is 227. The number of ketones is 1. The van der Waals surface area contributed by atoms with Crippen LogP contribution in [0.5, 0.6) is 0 Å². The molecular weight excluding hydrogens is 204 g/mol. The Hall–Kier alpha value is -0.530. The summed E-state index contributed by atoms with van der Waals surface area (Å²) in [6.07, 6.45) is -4.12. The first-order valence-electron chi connectivity index (χ1n) is 4.72. The van der Waals surface area contributed by atoms with Gasteiger partial charge in [0.05, 0.1) is 6.61 Å². The molecule has 0 saturated carbocycles. The molecular formula is C9H16O6. The average Bonchev–Trinajstić information content (AvgIpc) is 2.58. The van der Waals surface area contributed by atoms with Crippen LogP contribution in [-0.4, -0.2) is 58.4 Å². The maximum atomic E-state index is 9.44. The number of ether oxygens (including phenoxy) is 2. The van der Waals surface area contributed by atoms with E-state index in [2.05, 4.69) is 0 Å². The number of aliphatic hydroxyl groups is 3. The van der Waals surface area contributed by atoms with Crippen LogP contribution in [-0.2, 0) is 14.3 Å². The normalized spacial score (nSPS) is 43.1. The number of rotatable bonds is 0. The molecule has 2 aliphatic heterocycles. The molecule has 0 bridgehead atoms. The van der Waals surface area contributed by atoms with E-state index in [1.165, 1.54) is 13.8 Å². The topological polar surface area (TPSA) is 96.2 Å². The molecule has 0 amide bonds. The van der Waals surface area contributed by atoms with Gasteiger partial charge in [-0.05, 0) is 13.8 Å². The lowest BCUT2D eigenvalue weighted by atomic mass is 10.1. The van der Waals surface area contributed by atoms with Crippen LogP contribution in [0.1, 0.15) is 13.8 Å². The third kappa shape index (κ3) is 2.96. The Kier molecular flexibility index (Phi) is 4.18. The van der Waals surface area contributed by atoms with Crippen LogP contribution in [0.2, 0.25) is 0 Å². The molecule has 88 valence electrons. The molecule has 2 rings (SSSR count). The molecule has 15 heavy (non-hydrogen) atoms. The van der Waals surface area contributed by atoms with Gasteiger partial charge in [0.25, 0.3) is 0 Å². The van der Waals surface area contributed by atoms with Crippen molar-refractivity contribution >= 4 is 5.78 Å². The maximum absolute atomic E-state index is 9.44. The van der Waals surface area contributed by atoms with Gasteiger partial charge in [-0.1, -0.05) is 0 Å². The van der Waals surface area contributed by atoms with Crippen LogP contribution in [0.4, 0.5) is 0 Å². The fourth-order valence-electron chi connectivity index (χ4n) is 1.48. The second-order valence-electron chi connectivity index (χ2n) is 3.76. The Morgan fingerprint density at radius 1 is 1.20 bits per heavy atom. The van der Waals surface area contributed by atoms with Crippen molar-refractivity contribution in [3.8, 4) is 0 Å². The van der Waals surface area contributed by atoms with Gasteiger partial charge in [-0.3, -0.25) is 0 Å². The van der Waals surface area contributed by atoms with E-state index in [1.54, 1.807) is 0 Å². The van der Waals surface area contributed by atoms with Crippen molar-refractivity contribution in [3.63, 3.8) is 0 Å². The van der Waals surface area contributed by atoms with Gasteiger partial charge in [0, 0.05) is 0 Å². The smallest absolute Gasteiger partial charge is 0.184 e. The van der Waals surface area contributed by atoms with Gasteiger partial charge in [0.1, 0.15) is 30.2 Å². The summed E-state index contributed by atoms with van der Waals surface area (Å²) in [6, 6.07) is 0. The van der Waals surface area contributed by atoms with E-state index in [4.69, 9.17) is 19.7 Å². The largest absolute Gasteiger partial charge is 0.388 e. The van der Waals surface area contributed by atoms with E-state index in [-0.39, 0.29) is 12.4 Å². The molecule has 5 atom stereocenters. The Morgan fingerprint density at radius 2 is 1.73 bits per heavy atom. The Labute approximate surface area is 87.4 Å². The Morgan fingerprint density at radius 3 is 2.20 bits per heavy atom.